The number of halogens is 1. The van der Waals surface area contributed by atoms with Gasteiger partial charge >= 0.3 is 0 Å². The van der Waals surface area contributed by atoms with E-state index < -0.39 is 39.0 Å². The molecule has 0 heterocycles. The van der Waals surface area contributed by atoms with Crippen molar-refractivity contribution in [3.63, 3.8) is 0 Å². The van der Waals surface area contributed by atoms with Crippen LogP contribution in [0.15, 0.2) is 29.2 Å². The molecule has 112 valence electrons. The number of aliphatic hydroxyl groups excluding tert-OH is 2. The highest BCUT2D eigenvalue weighted by molar-refractivity contribution is 7.89. The topological polar surface area (TPSA) is 77.8 Å². The van der Waals surface area contributed by atoms with E-state index in [4.69, 9.17) is 0 Å². The summed E-state index contributed by atoms with van der Waals surface area (Å²) in [5, 5.41) is 19.6. The van der Waals surface area contributed by atoms with E-state index in [9.17, 15) is 23.0 Å². The van der Waals surface area contributed by atoms with E-state index in [-0.39, 0.29) is 0 Å². The monoisotopic (exact) mass is 303 g/mol. The lowest BCUT2D eigenvalue weighted by atomic mass is 9.90. The molecule has 0 bridgehead atoms. The number of nitrogens with zero attached hydrogens (tertiary/aromatic N) is 1. The predicted molar refractivity (Wildman–Crippen MR) is 71.0 cm³/mol. The number of hydrogen-bond donors (Lipinski definition) is 2. The number of likely N-dealkylation sites (N-methyl/N-ethyl adjacent to an activating group) is 1. The Morgan fingerprint density at radius 1 is 1.25 bits per heavy atom. The van der Waals surface area contributed by atoms with Crippen LogP contribution in [0, 0.1) is 5.82 Å². The first kappa shape index (κ1) is 15.4. The van der Waals surface area contributed by atoms with Gasteiger partial charge in [0.2, 0.25) is 10.0 Å². The summed E-state index contributed by atoms with van der Waals surface area (Å²) < 4.78 is 39.4. The Bertz CT molecular complexity index is 577. The third kappa shape index (κ3) is 2.71. The van der Waals surface area contributed by atoms with Crippen molar-refractivity contribution in [2.45, 2.75) is 42.4 Å². The highest BCUT2D eigenvalue weighted by Gasteiger charge is 2.39. The summed E-state index contributed by atoms with van der Waals surface area (Å²) in [6.07, 6.45) is -0.629. The summed E-state index contributed by atoms with van der Waals surface area (Å²) in [4.78, 5) is -0.422. The van der Waals surface area contributed by atoms with Crippen molar-refractivity contribution < 1.29 is 23.0 Å². The van der Waals surface area contributed by atoms with Crippen LogP contribution in [0.4, 0.5) is 4.39 Å². The molecule has 1 aromatic carbocycles. The second-order valence-electron chi connectivity index (χ2n) is 5.01. The average Bonchev–Trinajstić information content (AvgIpc) is 2.41. The van der Waals surface area contributed by atoms with Crippen molar-refractivity contribution in [3.8, 4) is 0 Å². The summed E-state index contributed by atoms with van der Waals surface area (Å²) in [5.41, 5.74) is 0. The smallest absolute Gasteiger partial charge is 0.246 e. The van der Waals surface area contributed by atoms with Gasteiger partial charge in [0.1, 0.15) is 10.7 Å². The van der Waals surface area contributed by atoms with Crippen molar-refractivity contribution in [3.05, 3.63) is 30.1 Å². The minimum absolute atomic E-state index is 0.422. The zero-order chi connectivity index (χ0) is 14.9. The van der Waals surface area contributed by atoms with Gasteiger partial charge in [-0.15, -0.1) is 0 Å². The van der Waals surface area contributed by atoms with E-state index in [1.54, 1.807) is 0 Å². The molecule has 7 heteroatoms. The Morgan fingerprint density at radius 2 is 1.90 bits per heavy atom. The molecule has 1 aliphatic rings. The first-order chi connectivity index (χ1) is 9.35. The van der Waals surface area contributed by atoms with E-state index in [2.05, 4.69) is 0 Å². The third-order valence-corrected chi connectivity index (χ3v) is 5.66. The van der Waals surface area contributed by atoms with Gasteiger partial charge in [-0.3, -0.25) is 0 Å². The van der Waals surface area contributed by atoms with Crippen LogP contribution in [-0.4, -0.2) is 48.2 Å². The molecule has 1 aromatic rings. The molecule has 0 spiro atoms. The summed E-state index contributed by atoms with van der Waals surface area (Å²) >= 11 is 0. The molecule has 2 rings (SSSR count). The molecule has 1 saturated carbocycles. The maximum atomic E-state index is 13.7. The van der Waals surface area contributed by atoms with Gasteiger partial charge in [0, 0.05) is 7.05 Å². The maximum absolute atomic E-state index is 13.7. The van der Waals surface area contributed by atoms with E-state index in [0.29, 0.717) is 19.3 Å². The van der Waals surface area contributed by atoms with E-state index in [1.165, 1.54) is 25.2 Å². The molecule has 5 nitrogen and oxygen atoms in total. The molecule has 0 saturated heterocycles. The van der Waals surface area contributed by atoms with Gasteiger partial charge in [-0.2, -0.15) is 4.31 Å². The Labute approximate surface area is 117 Å². The molecule has 0 radical (unpaired) electrons. The zero-order valence-electron chi connectivity index (χ0n) is 11.1. The average molecular weight is 303 g/mol. The fourth-order valence-electron chi connectivity index (χ4n) is 2.52. The summed E-state index contributed by atoms with van der Waals surface area (Å²) in [6.45, 7) is 0. The molecule has 0 amide bonds. The number of rotatable bonds is 3. The molecule has 20 heavy (non-hydrogen) atoms. The Morgan fingerprint density at radius 3 is 2.55 bits per heavy atom. The standard InChI is InChI=1S/C13H18FNO4S/c1-15(10-6-4-7-11(16)13(10)17)20(18,19)12-8-3-2-5-9(12)14/h2-3,5,8,10-11,13,16-17H,4,6-7H2,1H3/t10-,11-,13-/m1/s1. The Kier molecular flexibility index (Phi) is 4.43. The van der Waals surface area contributed by atoms with Gasteiger partial charge in [0.05, 0.1) is 18.2 Å². The largest absolute Gasteiger partial charge is 0.390 e. The molecule has 1 fully saturated rings. The minimum Gasteiger partial charge on any atom is -0.390 e. The maximum Gasteiger partial charge on any atom is 0.246 e. The molecular formula is C13H18FNO4S. The Hall–Kier alpha value is -1.02. The van der Waals surface area contributed by atoms with Crippen LogP contribution in [0.3, 0.4) is 0 Å². The fraction of sp³-hybridized carbons (Fsp3) is 0.538. The first-order valence-electron chi connectivity index (χ1n) is 6.44. The van der Waals surface area contributed by atoms with Crippen molar-refractivity contribution in [2.75, 3.05) is 7.05 Å². The van der Waals surface area contributed by atoms with Crippen LogP contribution in [0.2, 0.25) is 0 Å². The number of benzene rings is 1. The molecular weight excluding hydrogens is 285 g/mol. The minimum atomic E-state index is -4.04. The summed E-state index contributed by atoms with van der Waals surface area (Å²) in [6, 6.07) is 4.37. The lowest BCUT2D eigenvalue weighted by Gasteiger charge is -2.37. The van der Waals surface area contributed by atoms with Crippen LogP contribution in [-0.2, 0) is 10.0 Å². The van der Waals surface area contributed by atoms with Crippen molar-refractivity contribution >= 4 is 10.0 Å². The van der Waals surface area contributed by atoms with Crippen molar-refractivity contribution in [1.82, 2.24) is 4.31 Å². The molecule has 0 aromatic heterocycles. The highest BCUT2D eigenvalue weighted by atomic mass is 32.2. The highest BCUT2D eigenvalue weighted by Crippen LogP contribution is 2.28. The zero-order valence-corrected chi connectivity index (χ0v) is 11.9. The molecule has 3 atom stereocenters. The number of hydrogen-bond acceptors (Lipinski definition) is 4. The van der Waals surface area contributed by atoms with Gasteiger partial charge < -0.3 is 10.2 Å². The van der Waals surface area contributed by atoms with Gasteiger partial charge in [0.15, 0.2) is 0 Å². The quantitative estimate of drug-likeness (QED) is 0.862. The van der Waals surface area contributed by atoms with Gasteiger partial charge in [-0.1, -0.05) is 12.1 Å². The lowest BCUT2D eigenvalue weighted by Crippen LogP contribution is -2.51. The second kappa shape index (κ2) is 5.77. The number of sulfonamides is 1. The van der Waals surface area contributed by atoms with Crippen molar-refractivity contribution in [1.29, 1.82) is 0 Å². The number of aliphatic hydroxyl groups is 2. The molecule has 2 N–H and O–H groups in total. The van der Waals surface area contributed by atoms with Gasteiger partial charge in [-0.25, -0.2) is 12.8 Å². The van der Waals surface area contributed by atoms with Gasteiger partial charge in [-0.05, 0) is 31.4 Å². The van der Waals surface area contributed by atoms with Crippen LogP contribution < -0.4 is 0 Å². The van der Waals surface area contributed by atoms with E-state index in [1.807, 2.05) is 0 Å². The Balaban J connectivity index is 2.32. The van der Waals surface area contributed by atoms with E-state index >= 15 is 0 Å². The molecule has 0 unspecified atom stereocenters. The van der Waals surface area contributed by atoms with Crippen LogP contribution in [0.25, 0.3) is 0 Å². The third-order valence-electron chi connectivity index (χ3n) is 3.75. The second-order valence-corrected chi connectivity index (χ2v) is 6.97. The molecule has 0 aliphatic heterocycles. The summed E-state index contributed by atoms with van der Waals surface area (Å²) in [7, 11) is -2.74. The van der Waals surface area contributed by atoms with Crippen molar-refractivity contribution in [2.24, 2.45) is 0 Å². The van der Waals surface area contributed by atoms with Crippen LogP contribution in [0.1, 0.15) is 19.3 Å². The first-order valence-corrected chi connectivity index (χ1v) is 7.88. The van der Waals surface area contributed by atoms with Gasteiger partial charge in [0.25, 0.3) is 0 Å². The molecule has 1 aliphatic carbocycles. The summed E-state index contributed by atoms with van der Waals surface area (Å²) in [5.74, 6) is -0.829. The normalized spacial score (nSPS) is 27.8. The SMILES string of the molecule is CN([C@@H]1CCC[C@@H](O)[C@@H]1O)S(=O)(=O)c1ccccc1F. The predicted octanol–water partition coefficient (Wildman–Crippen LogP) is 0.720. The van der Waals surface area contributed by atoms with Crippen LogP contribution >= 0.6 is 0 Å². The van der Waals surface area contributed by atoms with Crippen LogP contribution in [0.5, 0.6) is 0 Å². The fourth-order valence-corrected chi connectivity index (χ4v) is 3.98. The van der Waals surface area contributed by atoms with E-state index in [0.717, 1.165) is 10.4 Å². The lowest BCUT2D eigenvalue weighted by molar-refractivity contribution is -0.0433.